The lowest BCUT2D eigenvalue weighted by Gasteiger charge is -2.16. The Labute approximate surface area is 94.6 Å². The zero-order valence-corrected chi connectivity index (χ0v) is 10.0. The molecule has 1 aliphatic carbocycles. The molecule has 2 rings (SSSR count). The van der Waals surface area contributed by atoms with Crippen molar-refractivity contribution in [3.63, 3.8) is 0 Å². The Hall–Kier alpha value is -1.03. The largest absolute Gasteiger partial charge is 0.370 e. The molecule has 82 valence electrons. The summed E-state index contributed by atoms with van der Waals surface area (Å²) >= 11 is 1.75. The van der Waals surface area contributed by atoms with Crippen LogP contribution in [0.25, 0.3) is 0 Å². The lowest BCUT2D eigenvalue weighted by molar-refractivity contribution is 0.487. The van der Waals surface area contributed by atoms with Crippen molar-refractivity contribution >= 4 is 17.3 Å². The minimum Gasteiger partial charge on any atom is -0.370 e. The van der Waals surface area contributed by atoms with Crippen LogP contribution in [0.4, 0.5) is 0 Å². The Kier molecular flexibility index (Phi) is 2.95. The maximum atomic E-state index is 5.91. The normalized spacial score (nSPS) is 16.8. The molecular formula is C11H17N3S. The van der Waals surface area contributed by atoms with Gasteiger partial charge in [0.1, 0.15) is 0 Å². The van der Waals surface area contributed by atoms with Gasteiger partial charge in [-0.05, 0) is 36.8 Å². The highest BCUT2D eigenvalue weighted by Gasteiger charge is 2.27. The number of nitrogens with zero attached hydrogens (tertiary/aromatic N) is 2. The number of aryl methyl sites for hydroxylation is 1. The van der Waals surface area contributed by atoms with Gasteiger partial charge in [-0.1, -0.05) is 0 Å². The predicted molar refractivity (Wildman–Crippen MR) is 65.2 cm³/mol. The van der Waals surface area contributed by atoms with Gasteiger partial charge < -0.3 is 10.6 Å². The Morgan fingerprint density at radius 3 is 2.93 bits per heavy atom. The van der Waals surface area contributed by atoms with Crippen molar-refractivity contribution in [3.05, 3.63) is 21.9 Å². The third kappa shape index (κ3) is 2.50. The summed E-state index contributed by atoms with van der Waals surface area (Å²) in [7, 11) is 2.03. The fraction of sp³-hybridized carbons (Fsp3) is 0.545. The van der Waals surface area contributed by atoms with Crippen LogP contribution in [0.5, 0.6) is 0 Å². The fourth-order valence-electron chi connectivity index (χ4n) is 1.48. The molecule has 0 radical (unpaired) electrons. The topological polar surface area (TPSA) is 41.6 Å². The van der Waals surface area contributed by atoms with Gasteiger partial charge in [-0.3, -0.25) is 0 Å². The van der Waals surface area contributed by atoms with E-state index in [1.54, 1.807) is 11.3 Å². The number of hydrogen-bond donors (Lipinski definition) is 1. The molecule has 2 N–H and O–H groups in total. The third-order valence-electron chi connectivity index (χ3n) is 2.81. The fourth-order valence-corrected chi connectivity index (χ4v) is 2.31. The average Bonchev–Trinajstić information content (AvgIpc) is 2.99. The third-order valence-corrected chi connectivity index (χ3v) is 3.82. The standard InChI is InChI=1S/C11H17N3S/c1-8-5-6-15-10(8)7-13-11(12)14(2)9-3-4-9/h5-6,9H,3-4,7H2,1-2H3,(H2,12,13). The quantitative estimate of drug-likeness (QED) is 0.629. The molecule has 1 aromatic rings. The average molecular weight is 223 g/mol. The second-order valence-electron chi connectivity index (χ2n) is 4.04. The first-order valence-corrected chi connectivity index (χ1v) is 6.12. The summed E-state index contributed by atoms with van der Waals surface area (Å²) in [5.41, 5.74) is 7.22. The van der Waals surface area contributed by atoms with Gasteiger partial charge in [0, 0.05) is 18.0 Å². The van der Waals surface area contributed by atoms with E-state index < -0.39 is 0 Å². The van der Waals surface area contributed by atoms with Crippen LogP contribution in [0, 0.1) is 6.92 Å². The van der Waals surface area contributed by atoms with Crippen molar-refractivity contribution in [2.75, 3.05) is 7.05 Å². The van der Waals surface area contributed by atoms with Gasteiger partial charge in [-0.2, -0.15) is 0 Å². The highest BCUT2D eigenvalue weighted by atomic mass is 32.1. The summed E-state index contributed by atoms with van der Waals surface area (Å²) in [6.07, 6.45) is 2.51. The molecule has 1 aliphatic rings. The number of guanidine groups is 1. The van der Waals surface area contributed by atoms with Crippen LogP contribution < -0.4 is 5.73 Å². The molecule has 1 aromatic heterocycles. The summed E-state index contributed by atoms with van der Waals surface area (Å²) in [5, 5.41) is 2.10. The highest BCUT2D eigenvalue weighted by molar-refractivity contribution is 7.10. The summed E-state index contributed by atoms with van der Waals surface area (Å²) in [6.45, 7) is 2.83. The molecular weight excluding hydrogens is 206 g/mol. The van der Waals surface area contributed by atoms with Crippen molar-refractivity contribution in [1.82, 2.24) is 4.90 Å². The molecule has 0 saturated heterocycles. The Morgan fingerprint density at radius 2 is 2.40 bits per heavy atom. The van der Waals surface area contributed by atoms with Gasteiger partial charge >= 0.3 is 0 Å². The van der Waals surface area contributed by atoms with E-state index in [4.69, 9.17) is 5.73 Å². The van der Waals surface area contributed by atoms with Gasteiger partial charge in [-0.25, -0.2) is 4.99 Å². The maximum Gasteiger partial charge on any atom is 0.191 e. The lowest BCUT2D eigenvalue weighted by atomic mass is 10.3. The van der Waals surface area contributed by atoms with Crippen molar-refractivity contribution < 1.29 is 0 Å². The summed E-state index contributed by atoms with van der Waals surface area (Å²) in [5.74, 6) is 0.672. The van der Waals surface area contributed by atoms with Crippen LogP contribution in [0.15, 0.2) is 16.4 Å². The van der Waals surface area contributed by atoms with Gasteiger partial charge in [-0.15, -0.1) is 11.3 Å². The number of aliphatic imine (C=N–C) groups is 1. The van der Waals surface area contributed by atoms with E-state index in [0.717, 1.165) is 0 Å². The molecule has 1 heterocycles. The Balaban J connectivity index is 1.95. The zero-order valence-electron chi connectivity index (χ0n) is 9.23. The molecule has 3 nitrogen and oxygen atoms in total. The zero-order chi connectivity index (χ0) is 10.8. The first-order chi connectivity index (χ1) is 7.18. The molecule has 0 atom stereocenters. The van der Waals surface area contributed by atoms with Crippen LogP contribution in [0.1, 0.15) is 23.3 Å². The number of nitrogens with two attached hydrogens (primary N) is 1. The van der Waals surface area contributed by atoms with Gasteiger partial charge in [0.15, 0.2) is 5.96 Å². The first kappa shape index (κ1) is 10.5. The molecule has 1 saturated carbocycles. The number of rotatable bonds is 3. The van der Waals surface area contributed by atoms with Crippen molar-refractivity contribution in [2.45, 2.75) is 32.4 Å². The minimum atomic E-state index is 0.637. The summed E-state index contributed by atoms with van der Waals surface area (Å²) < 4.78 is 0. The van der Waals surface area contributed by atoms with Crippen LogP contribution >= 0.6 is 11.3 Å². The van der Waals surface area contributed by atoms with E-state index in [-0.39, 0.29) is 0 Å². The Morgan fingerprint density at radius 1 is 1.67 bits per heavy atom. The molecule has 0 aliphatic heterocycles. The monoisotopic (exact) mass is 223 g/mol. The molecule has 0 aromatic carbocycles. The molecule has 0 unspecified atom stereocenters. The molecule has 0 spiro atoms. The van der Waals surface area contributed by atoms with Gasteiger partial charge in [0.25, 0.3) is 0 Å². The van der Waals surface area contributed by atoms with Crippen LogP contribution in [-0.4, -0.2) is 23.9 Å². The van der Waals surface area contributed by atoms with Crippen LogP contribution in [0.3, 0.4) is 0 Å². The van der Waals surface area contributed by atoms with E-state index in [2.05, 4.69) is 28.3 Å². The molecule has 0 bridgehead atoms. The lowest BCUT2D eigenvalue weighted by Crippen LogP contribution is -2.35. The van der Waals surface area contributed by atoms with Crippen molar-refractivity contribution in [3.8, 4) is 0 Å². The van der Waals surface area contributed by atoms with Crippen LogP contribution in [-0.2, 0) is 6.54 Å². The van der Waals surface area contributed by atoms with E-state index in [0.29, 0.717) is 18.5 Å². The van der Waals surface area contributed by atoms with E-state index in [9.17, 15) is 0 Å². The van der Waals surface area contributed by atoms with E-state index >= 15 is 0 Å². The van der Waals surface area contributed by atoms with E-state index in [1.165, 1.54) is 23.3 Å². The van der Waals surface area contributed by atoms with Gasteiger partial charge in [0.05, 0.1) is 6.54 Å². The minimum absolute atomic E-state index is 0.637. The maximum absolute atomic E-state index is 5.91. The molecule has 4 heteroatoms. The smallest absolute Gasteiger partial charge is 0.191 e. The number of thiophene rings is 1. The highest BCUT2D eigenvalue weighted by Crippen LogP contribution is 2.25. The molecule has 0 amide bonds. The van der Waals surface area contributed by atoms with Crippen molar-refractivity contribution in [2.24, 2.45) is 10.7 Å². The molecule has 1 fully saturated rings. The van der Waals surface area contributed by atoms with E-state index in [1.807, 2.05) is 7.05 Å². The summed E-state index contributed by atoms with van der Waals surface area (Å²) in [6, 6.07) is 2.76. The van der Waals surface area contributed by atoms with Crippen molar-refractivity contribution in [1.29, 1.82) is 0 Å². The second-order valence-corrected chi connectivity index (χ2v) is 5.04. The second kappa shape index (κ2) is 4.23. The first-order valence-electron chi connectivity index (χ1n) is 5.24. The SMILES string of the molecule is Cc1ccsc1CN=C(N)N(C)C1CC1. The Bertz CT molecular complexity index is 366. The summed E-state index contributed by atoms with van der Waals surface area (Å²) in [4.78, 5) is 7.81. The predicted octanol–water partition coefficient (Wildman–Crippen LogP) is 1.97. The number of hydrogen-bond acceptors (Lipinski definition) is 2. The van der Waals surface area contributed by atoms with Gasteiger partial charge in [0.2, 0.25) is 0 Å². The molecule has 15 heavy (non-hydrogen) atoms. The van der Waals surface area contributed by atoms with Crippen LogP contribution in [0.2, 0.25) is 0 Å².